The summed E-state index contributed by atoms with van der Waals surface area (Å²) in [6.45, 7) is 2.15. The first kappa shape index (κ1) is 21.0. The molecule has 3 aromatic rings. The van der Waals surface area contributed by atoms with Crippen molar-refractivity contribution < 1.29 is 18.7 Å². The van der Waals surface area contributed by atoms with Gasteiger partial charge in [0.2, 0.25) is 5.88 Å². The quantitative estimate of drug-likeness (QED) is 0.616. The zero-order valence-corrected chi connectivity index (χ0v) is 16.7. The van der Waals surface area contributed by atoms with Crippen LogP contribution in [0, 0.1) is 5.82 Å². The minimum absolute atomic E-state index is 0.116. The number of methoxy groups -OCH3 is 1. The second-order valence-corrected chi connectivity index (χ2v) is 6.48. The average molecular weight is 411 g/mol. The minimum Gasteiger partial charge on any atom is -0.497 e. The number of aromatic nitrogens is 2. The van der Waals surface area contributed by atoms with E-state index in [0.29, 0.717) is 18.7 Å². The van der Waals surface area contributed by atoms with Crippen LogP contribution in [0.1, 0.15) is 18.9 Å². The number of amides is 1. The molecule has 0 saturated carbocycles. The zero-order chi connectivity index (χ0) is 21.5. The summed E-state index contributed by atoms with van der Waals surface area (Å²) >= 11 is 0. The van der Waals surface area contributed by atoms with Gasteiger partial charge in [0.25, 0.3) is 11.5 Å². The van der Waals surface area contributed by atoms with E-state index in [4.69, 9.17) is 9.47 Å². The summed E-state index contributed by atoms with van der Waals surface area (Å²) in [6.07, 6.45) is -0.374. The fourth-order valence-electron chi connectivity index (χ4n) is 2.74. The molecule has 0 aliphatic heterocycles. The second-order valence-electron chi connectivity index (χ2n) is 6.48. The minimum atomic E-state index is -0.782. The predicted octanol–water partition coefficient (Wildman–Crippen LogP) is 2.85. The smallest absolute Gasteiger partial charge is 0.271 e. The van der Waals surface area contributed by atoms with Crippen LogP contribution in [0.2, 0.25) is 0 Å². The molecule has 1 unspecified atom stereocenters. The van der Waals surface area contributed by atoms with Gasteiger partial charge >= 0.3 is 0 Å². The van der Waals surface area contributed by atoms with Crippen molar-refractivity contribution in [1.82, 2.24) is 15.1 Å². The monoisotopic (exact) mass is 411 g/mol. The van der Waals surface area contributed by atoms with Crippen molar-refractivity contribution in [1.29, 1.82) is 0 Å². The van der Waals surface area contributed by atoms with Crippen LogP contribution < -0.4 is 20.3 Å². The lowest BCUT2D eigenvalue weighted by Crippen LogP contribution is -2.38. The maximum atomic E-state index is 13.1. The highest BCUT2D eigenvalue weighted by Gasteiger charge is 2.19. The summed E-state index contributed by atoms with van der Waals surface area (Å²) in [5.41, 5.74) is 0.914. The molecule has 8 heteroatoms. The zero-order valence-electron chi connectivity index (χ0n) is 16.7. The molecule has 1 N–H and O–H groups in total. The lowest BCUT2D eigenvalue weighted by Gasteiger charge is -2.17. The highest BCUT2D eigenvalue weighted by atomic mass is 19.1. The van der Waals surface area contributed by atoms with E-state index in [2.05, 4.69) is 10.4 Å². The molecule has 0 aliphatic carbocycles. The van der Waals surface area contributed by atoms with Gasteiger partial charge in [-0.25, -0.2) is 4.39 Å². The molecule has 0 bridgehead atoms. The number of rotatable bonds is 8. The first-order chi connectivity index (χ1) is 14.5. The van der Waals surface area contributed by atoms with Gasteiger partial charge in [0.15, 0.2) is 6.10 Å². The fraction of sp³-hybridized carbons (Fsp3) is 0.227. The maximum Gasteiger partial charge on any atom is 0.271 e. The number of halogens is 1. The average Bonchev–Trinajstić information content (AvgIpc) is 2.78. The van der Waals surface area contributed by atoms with Crippen molar-refractivity contribution in [3.8, 4) is 17.3 Å². The van der Waals surface area contributed by atoms with Crippen LogP contribution in [0.25, 0.3) is 5.69 Å². The Morgan fingerprint density at radius 3 is 2.43 bits per heavy atom. The number of carbonyl (C=O) groups excluding carboxylic acids is 1. The number of ether oxygens (including phenoxy) is 2. The number of hydrogen-bond donors (Lipinski definition) is 1. The summed E-state index contributed by atoms with van der Waals surface area (Å²) < 4.78 is 25.1. The van der Waals surface area contributed by atoms with E-state index < -0.39 is 17.5 Å². The Hall–Kier alpha value is -3.68. The van der Waals surface area contributed by atoms with Crippen molar-refractivity contribution in [3.05, 3.63) is 82.4 Å². The molecule has 156 valence electrons. The van der Waals surface area contributed by atoms with E-state index in [-0.39, 0.29) is 11.8 Å². The number of hydrogen-bond acceptors (Lipinski definition) is 5. The largest absolute Gasteiger partial charge is 0.497 e. The molecule has 0 fully saturated rings. The van der Waals surface area contributed by atoms with E-state index in [1.54, 1.807) is 7.11 Å². The van der Waals surface area contributed by atoms with E-state index in [0.717, 1.165) is 16.0 Å². The van der Waals surface area contributed by atoms with Crippen LogP contribution in [0.4, 0.5) is 4.39 Å². The fourth-order valence-corrected chi connectivity index (χ4v) is 2.74. The van der Waals surface area contributed by atoms with Crippen molar-refractivity contribution in [3.63, 3.8) is 0 Å². The molecule has 30 heavy (non-hydrogen) atoms. The Labute approximate surface area is 173 Å². The predicted molar refractivity (Wildman–Crippen MR) is 109 cm³/mol. The van der Waals surface area contributed by atoms with E-state index in [9.17, 15) is 14.0 Å². The van der Waals surface area contributed by atoms with Gasteiger partial charge in [-0.1, -0.05) is 19.1 Å². The van der Waals surface area contributed by atoms with Gasteiger partial charge in [-0.3, -0.25) is 9.59 Å². The summed E-state index contributed by atoms with van der Waals surface area (Å²) in [5.74, 6) is 0.140. The van der Waals surface area contributed by atoms with Gasteiger partial charge in [-0.2, -0.15) is 4.68 Å². The van der Waals surface area contributed by atoms with Crippen molar-refractivity contribution >= 4 is 5.91 Å². The topological polar surface area (TPSA) is 82.5 Å². The number of nitrogens with zero attached hydrogens (tertiary/aromatic N) is 2. The standard InChI is InChI=1S/C22H22FN3O4/c1-3-19(22(28)24-14-15-4-10-18(29-2)11-5-15)30-20-12-13-21(27)26(25-20)17-8-6-16(23)7-9-17/h4-13,19H,3,14H2,1-2H3,(H,24,28). The third kappa shape index (κ3) is 5.22. The molecule has 1 atom stereocenters. The molecule has 3 rings (SSSR count). The first-order valence-corrected chi connectivity index (χ1v) is 9.43. The lowest BCUT2D eigenvalue weighted by molar-refractivity contribution is -0.128. The maximum absolute atomic E-state index is 13.1. The Balaban J connectivity index is 1.68. The highest BCUT2D eigenvalue weighted by Crippen LogP contribution is 2.13. The molecule has 0 saturated heterocycles. The third-order valence-electron chi connectivity index (χ3n) is 4.40. The van der Waals surface area contributed by atoms with E-state index in [1.165, 1.54) is 36.4 Å². The Kier molecular flexibility index (Phi) is 6.79. The number of carbonyl (C=O) groups is 1. The van der Waals surface area contributed by atoms with Crippen LogP contribution >= 0.6 is 0 Å². The molecule has 2 aromatic carbocycles. The van der Waals surface area contributed by atoms with Gasteiger partial charge in [-0.15, -0.1) is 5.10 Å². The van der Waals surface area contributed by atoms with Gasteiger partial charge in [0.05, 0.1) is 12.8 Å². The number of nitrogens with one attached hydrogen (secondary N) is 1. The van der Waals surface area contributed by atoms with Crippen molar-refractivity contribution in [2.45, 2.75) is 26.0 Å². The molecule has 1 amide bonds. The Morgan fingerprint density at radius 2 is 1.80 bits per heavy atom. The Morgan fingerprint density at radius 1 is 1.10 bits per heavy atom. The molecular formula is C22H22FN3O4. The molecule has 0 spiro atoms. The summed E-state index contributed by atoms with van der Waals surface area (Å²) in [5, 5.41) is 6.97. The molecule has 0 radical (unpaired) electrons. The molecule has 1 heterocycles. The first-order valence-electron chi connectivity index (χ1n) is 9.43. The second kappa shape index (κ2) is 9.69. The number of benzene rings is 2. The van der Waals surface area contributed by atoms with Crippen LogP contribution in [0.3, 0.4) is 0 Å². The summed E-state index contributed by atoms with van der Waals surface area (Å²) in [4.78, 5) is 24.6. The van der Waals surface area contributed by atoms with Gasteiger partial charge in [0, 0.05) is 18.7 Å². The third-order valence-corrected chi connectivity index (χ3v) is 4.40. The van der Waals surface area contributed by atoms with Gasteiger partial charge in [-0.05, 0) is 48.4 Å². The van der Waals surface area contributed by atoms with E-state index in [1.807, 2.05) is 31.2 Å². The lowest BCUT2D eigenvalue weighted by atomic mass is 10.2. The molecule has 7 nitrogen and oxygen atoms in total. The van der Waals surface area contributed by atoms with Crippen LogP contribution in [0.5, 0.6) is 11.6 Å². The van der Waals surface area contributed by atoms with Crippen LogP contribution in [-0.2, 0) is 11.3 Å². The highest BCUT2D eigenvalue weighted by molar-refractivity contribution is 5.81. The van der Waals surface area contributed by atoms with Crippen molar-refractivity contribution in [2.24, 2.45) is 0 Å². The van der Waals surface area contributed by atoms with Gasteiger partial charge in [0.1, 0.15) is 11.6 Å². The molecular weight excluding hydrogens is 389 g/mol. The normalized spacial score (nSPS) is 11.6. The van der Waals surface area contributed by atoms with Crippen LogP contribution in [-0.4, -0.2) is 28.9 Å². The van der Waals surface area contributed by atoms with E-state index >= 15 is 0 Å². The Bertz CT molecular complexity index is 1050. The summed E-state index contributed by atoms with van der Waals surface area (Å²) in [7, 11) is 1.59. The summed E-state index contributed by atoms with van der Waals surface area (Å²) in [6, 6.07) is 15.4. The molecule has 1 aromatic heterocycles. The van der Waals surface area contributed by atoms with Crippen LogP contribution in [0.15, 0.2) is 65.5 Å². The SMILES string of the molecule is CCC(Oc1ccc(=O)n(-c2ccc(F)cc2)n1)C(=O)NCc1ccc(OC)cc1. The van der Waals surface area contributed by atoms with Gasteiger partial charge < -0.3 is 14.8 Å². The molecule has 0 aliphatic rings. The van der Waals surface area contributed by atoms with Crippen molar-refractivity contribution in [2.75, 3.05) is 7.11 Å².